The lowest BCUT2D eigenvalue weighted by Gasteiger charge is -2.28. The molecule has 0 amide bonds. The molecule has 1 aliphatic carbocycles. The van der Waals surface area contributed by atoms with Crippen LogP contribution in [0.1, 0.15) is 60.3 Å². The number of benzene rings is 1. The molecule has 0 radical (unpaired) electrons. The van der Waals surface area contributed by atoms with Crippen LogP contribution in [0.25, 0.3) is 11.0 Å². The predicted octanol–water partition coefficient (Wildman–Crippen LogP) is 3.78. The van der Waals surface area contributed by atoms with Crippen molar-refractivity contribution in [2.24, 2.45) is 5.92 Å². The van der Waals surface area contributed by atoms with E-state index in [1.807, 2.05) is 26.0 Å². The molecular weight excluding hydrogens is 422 g/mol. The number of aromatic nitrogens is 2. The number of nitrogens with zero attached hydrogens (tertiary/aromatic N) is 2. The van der Waals surface area contributed by atoms with Crippen LogP contribution in [0.2, 0.25) is 0 Å². The summed E-state index contributed by atoms with van der Waals surface area (Å²) >= 11 is 0. The van der Waals surface area contributed by atoms with Gasteiger partial charge in [-0.15, -0.1) is 0 Å². The Morgan fingerprint density at radius 3 is 2.76 bits per heavy atom. The molecule has 2 aromatic heterocycles. The SMILES string of the molecule is COc1nc2c(cc1NC1CCCc3ccccc31)c(=O)c(C(=O)O)cn2C(CO)C(C)C. The predicted molar refractivity (Wildman–Crippen MR) is 126 cm³/mol. The molecule has 33 heavy (non-hydrogen) atoms. The van der Waals surface area contributed by atoms with Crippen LogP contribution in [-0.4, -0.2) is 39.5 Å². The minimum Gasteiger partial charge on any atom is -0.479 e. The third-order valence-electron chi connectivity index (χ3n) is 6.41. The van der Waals surface area contributed by atoms with Crippen molar-refractivity contribution in [3.63, 3.8) is 0 Å². The number of nitrogens with one attached hydrogen (secondary N) is 1. The normalized spacial score (nSPS) is 16.5. The molecule has 2 heterocycles. The number of rotatable bonds is 7. The van der Waals surface area contributed by atoms with Crippen LogP contribution in [0.5, 0.6) is 5.88 Å². The molecule has 3 aromatic rings. The number of anilines is 1. The zero-order chi connectivity index (χ0) is 23.7. The molecule has 174 valence electrons. The Hall–Kier alpha value is -3.39. The molecule has 2 atom stereocenters. The van der Waals surface area contributed by atoms with E-state index in [1.165, 1.54) is 24.4 Å². The zero-order valence-corrected chi connectivity index (χ0v) is 19.0. The van der Waals surface area contributed by atoms with E-state index in [4.69, 9.17) is 4.74 Å². The highest BCUT2D eigenvalue weighted by Gasteiger charge is 2.25. The van der Waals surface area contributed by atoms with Crippen LogP contribution < -0.4 is 15.5 Å². The Morgan fingerprint density at radius 2 is 2.09 bits per heavy atom. The molecule has 0 bridgehead atoms. The third kappa shape index (κ3) is 4.18. The van der Waals surface area contributed by atoms with E-state index < -0.39 is 17.4 Å². The third-order valence-corrected chi connectivity index (χ3v) is 6.41. The van der Waals surface area contributed by atoms with Crippen molar-refractivity contribution in [1.29, 1.82) is 0 Å². The van der Waals surface area contributed by atoms with Crippen molar-refractivity contribution in [3.8, 4) is 5.88 Å². The Bertz CT molecular complexity index is 1250. The summed E-state index contributed by atoms with van der Waals surface area (Å²) in [6, 6.07) is 9.45. The Labute approximate surface area is 191 Å². The second-order valence-corrected chi connectivity index (χ2v) is 8.78. The molecule has 0 fully saturated rings. The summed E-state index contributed by atoms with van der Waals surface area (Å²) in [5.74, 6) is -1.03. The summed E-state index contributed by atoms with van der Waals surface area (Å²) in [6.45, 7) is 3.61. The van der Waals surface area contributed by atoms with E-state index >= 15 is 0 Å². The van der Waals surface area contributed by atoms with Crippen molar-refractivity contribution in [1.82, 2.24) is 9.55 Å². The second kappa shape index (κ2) is 9.23. The molecule has 0 spiro atoms. The van der Waals surface area contributed by atoms with Crippen molar-refractivity contribution in [2.75, 3.05) is 19.0 Å². The Kier molecular flexibility index (Phi) is 6.37. The number of aliphatic hydroxyl groups excluding tert-OH is 1. The standard InChI is InChI=1S/C25H29N3O5/c1-14(2)21(13-29)28-12-18(25(31)32)22(30)17-11-20(24(33-3)27-23(17)28)26-19-10-6-8-15-7-4-5-9-16(15)19/h4-5,7,9,11-12,14,19,21,26,29H,6,8,10,13H2,1-3H3,(H,31,32). The van der Waals surface area contributed by atoms with Crippen LogP contribution >= 0.6 is 0 Å². The summed E-state index contributed by atoms with van der Waals surface area (Å²) in [4.78, 5) is 29.5. The smallest absolute Gasteiger partial charge is 0.341 e. The van der Waals surface area contributed by atoms with Gasteiger partial charge in [-0.05, 0) is 42.4 Å². The van der Waals surface area contributed by atoms with Crippen molar-refractivity contribution < 1.29 is 19.7 Å². The lowest BCUT2D eigenvalue weighted by atomic mass is 9.87. The fourth-order valence-corrected chi connectivity index (χ4v) is 4.63. The summed E-state index contributed by atoms with van der Waals surface area (Å²) in [6.07, 6.45) is 4.23. The number of aliphatic hydroxyl groups is 1. The summed E-state index contributed by atoms with van der Waals surface area (Å²) in [5, 5.41) is 23.3. The first kappa shape index (κ1) is 22.8. The first-order valence-corrected chi connectivity index (χ1v) is 11.2. The van der Waals surface area contributed by atoms with Gasteiger partial charge in [0, 0.05) is 6.20 Å². The first-order chi connectivity index (χ1) is 15.8. The highest BCUT2D eigenvalue weighted by Crippen LogP contribution is 2.36. The van der Waals surface area contributed by atoms with Gasteiger partial charge in [0.1, 0.15) is 11.2 Å². The molecule has 8 heteroatoms. The molecule has 0 aliphatic heterocycles. The number of pyridine rings is 2. The van der Waals surface area contributed by atoms with Gasteiger partial charge < -0.3 is 24.8 Å². The Morgan fingerprint density at radius 1 is 1.33 bits per heavy atom. The second-order valence-electron chi connectivity index (χ2n) is 8.78. The van der Waals surface area contributed by atoms with E-state index in [9.17, 15) is 19.8 Å². The van der Waals surface area contributed by atoms with Crippen molar-refractivity contribution in [2.45, 2.75) is 45.2 Å². The van der Waals surface area contributed by atoms with Crippen LogP contribution in [0, 0.1) is 5.92 Å². The van der Waals surface area contributed by atoms with Gasteiger partial charge in [-0.25, -0.2) is 4.79 Å². The van der Waals surface area contributed by atoms with Crippen LogP contribution in [0.3, 0.4) is 0 Å². The van der Waals surface area contributed by atoms with E-state index in [1.54, 1.807) is 10.6 Å². The van der Waals surface area contributed by atoms with Gasteiger partial charge in [0.15, 0.2) is 0 Å². The van der Waals surface area contributed by atoms with E-state index in [2.05, 4.69) is 22.4 Å². The van der Waals surface area contributed by atoms with E-state index in [0.717, 1.165) is 19.3 Å². The van der Waals surface area contributed by atoms with E-state index in [-0.39, 0.29) is 35.2 Å². The van der Waals surface area contributed by atoms with Crippen molar-refractivity contribution in [3.05, 3.63) is 63.4 Å². The highest BCUT2D eigenvalue weighted by molar-refractivity contribution is 5.93. The molecule has 2 unspecified atom stereocenters. The molecule has 8 nitrogen and oxygen atoms in total. The molecule has 0 saturated carbocycles. The fraction of sp³-hybridized carbons (Fsp3) is 0.400. The quantitative estimate of drug-likeness (QED) is 0.501. The minimum atomic E-state index is -1.32. The lowest BCUT2D eigenvalue weighted by Crippen LogP contribution is -2.26. The van der Waals surface area contributed by atoms with Gasteiger partial charge >= 0.3 is 5.97 Å². The summed E-state index contributed by atoms with van der Waals surface area (Å²) < 4.78 is 7.14. The zero-order valence-electron chi connectivity index (χ0n) is 19.0. The molecular formula is C25H29N3O5. The van der Waals surface area contributed by atoms with Gasteiger partial charge in [0.05, 0.1) is 36.9 Å². The topological polar surface area (TPSA) is 114 Å². The average molecular weight is 452 g/mol. The number of ether oxygens (including phenoxy) is 1. The van der Waals surface area contributed by atoms with Crippen LogP contribution in [0.15, 0.2) is 41.3 Å². The number of carbonyl (C=O) groups is 1. The number of carboxylic acids is 1. The molecule has 3 N–H and O–H groups in total. The van der Waals surface area contributed by atoms with Gasteiger partial charge in [-0.3, -0.25) is 4.79 Å². The maximum atomic E-state index is 13.1. The number of carboxylic acid groups (broad SMARTS) is 1. The largest absolute Gasteiger partial charge is 0.479 e. The van der Waals surface area contributed by atoms with Gasteiger partial charge in [0.25, 0.3) is 0 Å². The molecule has 1 aromatic carbocycles. The van der Waals surface area contributed by atoms with Crippen molar-refractivity contribution >= 4 is 22.7 Å². The van der Waals surface area contributed by atoms with Gasteiger partial charge in [-0.2, -0.15) is 4.98 Å². The van der Waals surface area contributed by atoms with Gasteiger partial charge in [-0.1, -0.05) is 38.1 Å². The molecule has 1 aliphatic rings. The number of hydrogen-bond acceptors (Lipinski definition) is 6. The minimum absolute atomic E-state index is 0.0216. The Balaban J connectivity index is 1.90. The van der Waals surface area contributed by atoms with Crippen LogP contribution in [0.4, 0.5) is 5.69 Å². The first-order valence-electron chi connectivity index (χ1n) is 11.2. The van der Waals surface area contributed by atoms with Crippen LogP contribution in [-0.2, 0) is 6.42 Å². The van der Waals surface area contributed by atoms with Gasteiger partial charge in [0.2, 0.25) is 11.3 Å². The number of methoxy groups -OCH3 is 1. The monoisotopic (exact) mass is 451 g/mol. The summed E-state index contributed by atoms with van der Waals surface area (Å²) in [7, 11) is 1.51. The lowest BCUT2D eigenvalue weighted by molar-refractivity contribution is 0.0694. The summed E-state index contributed by atoms with van der Waals surface area (Å²) in [5.41, 5.74) is 2.32. The number of fused-ring (bicyclic) bond motifs is 2. The fourth-order valence-electron chi connectivity index (χ4n) is 4.63. The average Bonchev–Trinajstić information content (AvgIpc) is 2.80. The number of aromatic carboxylic acids is 1. The number of hydrogen-bond donors (Lipinski definition) is 3. The van der Waals surface area contributed by atoms with E-state index in [0.29, 0.717) is 11.6 Å². The molecule has 4 rings (SSSR count). The maximum absolute atomic E-state index is 13.1. The maximum Gasteiger partial charge on any atom is 0.341 e. The number of aryl methyl sites for hydroxylation is 1. The highest BCUT2D eigenvalue weighted by atomic mass is 16.5. The molecule has 0 saturated heterocycles.